The number of aromatic nitrogens is 4. The van der Waals surface area contributed by atoms with Crippen molar-refractivity contribution in [1.29, 1.82) is 0 Å². The molecule has 7 heterocycles. The van der Waals surface area contributed by atoms with Gasteiger partial charge in [0.15, 0.2) is 0 Å². The molecule has 10 rings (SSSR count). The number of benzene rings is 3. The van der Waals surface area contributed by atoms with Gasteiger partial charge in [0.1, 0.15) is 12.1 Å². The van der Waals surface area contributed by atoms with Gasteiger partial charge < -0.3 is 39.3 Å². The first-order chi connectivity index (χ1) is 38.1. The Kier molecular flexibility index (Phi) is 18.5. The van der Waals surface area contributed by atoms with Crippen molar-refractivity contribution in [3.63, 3.8) is 0 Å². The van der Waals surface area contributed by atoms with Crippen molar-refractivity contribution in [3.8, 4) is 0 Å². The van der Waals surface area contributed by atoms with Crippen LogP contribution in [0.4, 0.5) is 4.39 Å². The topological polar surface area (TPSA) is 193 Å². The number of piperidine rings is 2. The number of piperazine rings is 2. The average molecular weight is 1070 g/mol. The highest BCUT2D eigenvalue weighted by Gasteiger charge is 2.31. The molecule has 0 saturated carbocycles. The third kappa shape index (κ3) is 14.2. The number of amides is 4. The van der Waals surface area contributed by atoms with Gasteiger partial charge in [-0.25, -0.2) is 19.5 Å². The Hall–Kier alpha value is -6.55. The second-order valence-electron chi connectivity index (χ2n) is 21.5. The molecule has 414 valence electrons. The van der Waals surface area contributed by atoms with Crippen LogP contribution in [0.15, 0.2) is 84.0 Å². The molecule has 0 bridgehead atoms. The fourth-order valence-electron chi connectivity index (χ4n) is 11.7. The average Bonchev–Trinajstić information content (AvgIpc) is 3.93. The predicted molar refractivity (Wildman–Crippen MR) is 291 cm³/mol. The first-order valence-electron chi connectivity index (χ1n) is 27.9. The smallest absolute Gasteiger partial charge is 0.272 e. The van der Waals surface area contributed by atoms with Gasteiger partial charge in [-0.2, -0.15) is 5.10 Å². The number of nitrogens with zero attached hydrogens (tertiary/aromatic N) is 10. The van der Waals surface area contributed by atoms with Gasteiger partial charge in [0, 0.05) is 133 Å². The van der Waals surface area contributed by atoms with Crippen LogP contribution in [0.5, 0.6) is 0 Å². The van der Waals surface area contributed by atoms with E-state index in [9.17, 15) is 24.0 Å². The number of rotatable bonds is 20. The summed E-state index contributed by atoms with van der Waals surface area (Å²) < 4.78 is 26.7. The Morgan fingerprint density at radius 3 is 2.26 bits per heavy atom. The molecule has 5 aliphatic heterocycles. The predicted octanol–water partition coefficient (Wildman–Crippen LogP) is 3.24. The quantitative estimate of drug-likeness (QED) is 0.108. The van der Waals surface area contributed by atoms with E-state index in [1.807, 2.05) is 46.3 Å². The lowest BCUT2D eigenvalue weighted by Crippen LogP contribution is -2.55. The fraction of sp³-hybridized carbons (Fsp3) is 0.517. The van der Waals surface area contributed by atoms with Crippen molar-refractivity contribution in [2.45, 2.75) is 51.1 Å². The van der Waals surface area contributed by atoms with Gasteiger partial charge in [0.2, 0.25) is 11.8 Å². The Morgan fingerprint density at radius 2 is 1.45 bits per heavy atom. The maximum Gasteiger partial charge on any atom is 0.272 e. The summed E-state index contributed by atoms with van der Waals surface area (Å²) >= 11 is 0. The molecule has 1 atom stereocenters. The van der Waals surface area contributed by atoms with E-state index in [-0.39, 0.29) is 34.8 Å². The molecule has 0 radical (unpaired) electrons. The molecule has 2 N–H and O–H groups in total. The maximum atomic E-state index is 15.1. The molecular formula is C58H73FN12O7. The lowest BCUT2D eigenvalue weighted by molar-refractivity contribution is -0.134. The molecule has 0 spiro atoms. The number of halogens is 1. The van der Waals surface area contributed by atoms with Crippen LogP contribution in [0.2, 0.25) is 0 Å². The Bertz CT molecular complexity index is 2910. The lowest BCUT2D eigenvalue weighted by Gasteiger charge is -2.40. The zero-order valence-electron chi connectivity index (χ0n) is 44.7. The fourth-order valence-corrected chi connectivity index (χ4v) is 11.7. The SMILES string of the molecule is O=C(NCCOCCOCCN1CCC(CN2CCN(CC(=O)N3CCN(C(=O)c4cc(Cc5n[nH]c(=O)c6ccccc56)ccc4F)CC3)CC2)CC1)c1cccc([C@@H]2CCCN(C(=O)CN3Cc4cncnc4C3)C2)c1. The maximum absolute atomic E-state index is 15.1. The van der Waals surface area contributed by atoms with Crippen LogP contribution >= 0.6 is 0 Å². The van der Waals surface area contributed by atoms with Crippen molar-refractivity contribution in [3.05, 3.63) is 135 Å². The normalized spacial score (nSPS) is 19.1. The van der Waals surface area contributed by atoms with Gasteiger partial charge >= 0.3 is 0 Å². The van der Waals surface area contributed by atoms with E-state index >= 15 is 4.39 Å². The number of aromatic amines is 1. The second-order valence-corrected chi connectivity index (χ2v) is 21.5. The van der Waals surface area contributed by atoms with Crippen LogP contribution in [0.3, 0.4) is 0 Å². The van der Waals surface area contributed by atoms with Gasteiger partial charge in [-0.05, 0) is 86.1 Å². The molecule has 0 aliphatic carbocycles. The Morgan fingerprint density at radius 1 is 0.705 bits per heavy atom. The minimum atomic E-state index is -0.596. The molecular weight excluding hydrogens is 996 g/mol. The number of fused-ring (bicyclic) bond motifs is 2. The van der Waals surface area contributed by atoms with Gasteiger partial charge in [-0.1, -0.05) is 36.4 Å². The highest BCUT2D eigenvalue weighted by molar-refractivity contribution is 5.95. The largest absolute Gasteiger partial charge is 0.378 e. The zero-order chi connectivity index (χ0) is 53.8. The van der Waals surface area contributed by atoms with Crippen LogP contribution in [-0.2, 0) is 38.6 Å². The third-order valence-corrected chi connectivity index (χ3v) is 16.2. The minimum Gasteiger partial charge on any atom is -0.378 e. The molecule has 4 fully saturated rings. The summed E-state index contributed by atoms with van der Waals surface area (Å²) in [5.74, 6) is -0.110. The first kappa shape index (κ1) is 54.8. The monoisotopic (exact) mass is 1070 g/mol. The number of hydrogen-bond acceptors (Lipinski definition) is 14. The summed E-state index contributed by atoms with van der Waals surface area (Å²) in [6.07, 6.45) is 7.93. The first-order valence-corrected chi connectivity index (χ1v) is 27.9. The van der Waals surface area contributed by atoms with E-state index in [4.69, 9.17) is 9.47 Å². The van der Waals surface area contributed by atoms with Crippen LogP contribution in [0.25, 0.3) is 10.8 Å². The van der Waals surface area contributed by atoms with E-state index in [1.54, 1.807) is 35.5 Å². The number of carbonyl (C=O) groups is 4. The van der Waals surface area contributed by atoms with E-state index in [1.165, 1.54) is 6.07 Å². The lowest BCUT2D eigenvalue weighted by atomic mass is 9.89. The number of carbonyl (C=O) groups excluding carboxylic acids is 4. The number of ether oxygens (including phenoxy) is 2. The molecule has 5 aromatic rings. The molecule has 4 saturated heterocycles. The van der Waals surface area contributed by atoms with E-state index in [2.05, 4.69) is 51.1 Å². The number of likely N-dealkylation sites (tertiary alicyclic amines) is 2. The number of hydrogen-bond donors (Lipinski definition) is 2. The summed E-state index contributed by atoms with van der Waals surface area (Å²) in [5, 5.41) is 11.0. The molecule has 4 amide bonds. The van der Waals surface area contributed by atoms with Gasteiger partial charge in [-0.15, -0.1) is 0 Å². The molecule has 78 heavy (non-hydrogen) atoms. The van der Waals surface area contributed by atoms with Gasteiger partial charge in [0.05, 0.1) is 61.9 Å². The number of nitrogens with one attached hydrogen (secondary N) is 2. The molecule has 0 unspecified atom stereocenters. The van der Waals surface area contributed by atoms with Gasteiger partial charge in [-0.3, -0.25) is 33.8 Å². The molecule has 20 heteroatoms. The van der Waals surface area contributed by atoms with Crippen LogP contribution in [0, 0.1) is 11.7 Å². The second kappa shape index (κ2) is 26.4. The zero-order valence-corrected chi connectivity index (χ0v) is 44.7. The molecule has 19 nitrogen and oxygen atoms in total. The summed E-state index contributed by atoms with van der Waals surface area (Å²) in [4.78, 5) is 88.8. The van der Waals surface area contributed by atoms with Crippen molar-refractivity contribution in [2.75, 3.05) is 138 Å². The van der Waals surface area contributed by atoms with Crippen molar-refractivity contribution >= 4 is 34.4 Å². The van der Waals surface area contributed by atoms with E-state index < -0.39 is 11.7 Å². The Labute approximate surface area is 455 Å². The summed E-state index contributed by atoms with van der Waals surface area (Å²) in [5.41, 5.74) is 4.82. The third-order valence-electron chi connectivity index (χ3n) is 16.2. The van der Waals surface area contributed by atoms with Crippen molar-refractivity contribution < 1.29 is 33.0 Å². The highest BCUT2D eigenvalue weighted by atomic mass is 19.1. The standard InChI is InChI=1S/C58H73FN12O7/c59-51-11-10-43(32-52-48-8-1-2-9-49(48)57(75)64-63-52)31-50(51)58(76)70-24-22-69(23-25-70)54(72)39-67-20-18-66(19-21-67)35-42-12-16-65(17-13-42)26-28-78-30-29-77-27-14-61-56(74)45-6-3-5-44(33-45)46-7-4-15-71(37-46)55(73)40-68-36-47-34-60-41-62-53(47)38-68/h1-3,5-6,8-11,31,33-34,41-42,46H,4,7,12-30,32,35-40H2,(H,61,74)(H,64,75)/t46-/m1/s1. The molecule has 2 aromatic heterocycles. The van der Waals surface area contributed by atoms with Crippen molar-refractivity contribution in [2.24, 2.45) is 5.92 Å². The van der Waals surface area contributed by atoms with E-state index in [0.717, 1.165) is 101 Å². The Balaban J connectivity index is 0.543. The summed E-state index contributed by atoms with van der Waals surface area (Å²) in [6, 6.07) is 19.5. The number of H-pyrrole nitrogens is 1. The van der Waals surface area contributed by atoms with Crippen molar-refractivity contribution in [1.82, 2.24) is 59.8 Å². The minimum absolute atomic E-state index is 0.0116. The van der Waals surface area contributed by atoms with Crippen LogP contribution in [-0.4, -0.2) is 216 Å². The van der Waals surface area contributed by atoms with Crippen LogP contribution in [0.1, 0.15) is 80.4 Å². The highest BCUT2D eigenvalue weighted by Crippen LogP contribution is 2.29. The summed E-state index contributed by atoms with van der Waals surface area (Å²) in [6.45, 7) is 15.0. The van der Waals surface area contributed by atoms with E-state index in [0.29, 0.717) is 132 Å². The molecule has 3 aromatic carbocycles. The summed E-state index contributed by atoms with van der Waals surface area (Å²) in [7, 11) is 0. The van der Waals surface area contributed by atoms with Crippen LogP contribution < -0.4 is 10.9 Å². The van der Waals surface area contributed by atoms with Gasteiger partial charge in [0.25, 0.3) is 17.4 Å². The molecule has 5 aliphatic rings.